The van der Waals surface area contributed by atoms with Gasteiger partial charge in [-0.15, -0.1) is 0 Å². The van der Waals surface area contributed by atoms with Crippen molar-refractivity contribution in [3.8, 4) is 0 Å². The number of halogens is 2. The van der Waals surface area contributed by atoms with Crippen LogP contribution in [0.25, 0.3) is 0 Å². The summed E-state index contributed by atoms with van der Waals surface area (Å²) in [6.45, 7) is 10.8. The van der Waals surface area contributed by atoms with Gasteiger partial charge in [-0.3, -0.25) is 4.90 Å². The number of carbonyl (C=O) groups excluding carboxylic acids is 1. The maximum Gasteiger partial charge on any atom is 0.410 e. The number of ether oxygens (including phenoxy) is 1. The molecule has 1 heterocycles. The number of hydrogen-bond donors (Lipinski definition) is 1. The lowest BCUT2D eigenvalue weighted by atomic mass is 9.77. The molecule has 0 aromatic heterocycles. The first-order valence-corrected chi connectivity index (χ1v) is 12.9. The second-order valence-corrected chi connectivity index (χ2v) is 11.1. The Balaban J connectivity index is 1.30. The van der Waals surface area contributed by atoms with Gasteiger partial charge >= 0.3 is 6.09 Å². The van der Waals surface area contributed by atoms with Crippen LogP contribution < -0.4 is 5.32 Å². The molecular formula is C27H35Cl2N3O2. The Morgan fingerprint density at radius 3 is 2.38 bits per heavy atom. The van der Waals surface area contributed by atoms with Crippen molar-refractivity contribution in [3.63, 3.8) is 0 Å². The van der Waals surface area contributed by atoms with Crippen LogP contribution >= 0.6 is 23.2 Å². The molecule has 2 aliphatic rings. The van der Waals surface area contributed by atoms with Crippen LogP contribution in [0.2, 0.25) is 10.0 Å². The fourth-order valence-electron chi connectivity index (χ4n) is 4.95. The zero-order chi connectivity index (χ0) is 24.3. The summed E-state index contributed by atoms with van der Waals surface area (Å²) in [5.41, 5.74) is 3.52. The zero-order valence-corrected chi connectivity index (χ0v) is 21.8. The molecule has 2 aromatic rings. The van der Waals surface area contributed by atoms with E-state index in [2.05, 4.69) is 40.5 Å². The molecule has 0 saturated carbocycles. The van der Waals surface area contributed by atoms with Crippen LogP contribution in [0.5, 0.6) is 0 Å². The molecule has 7 heteroatoms. The summed E-state index contributed by atoms with van der Waals surface area (Å²) in [5, 5.41) is 5.00. The van der Waals surface area contributed by atoms with Crippen LogP contribution in [0.3, 0.4) is 0 Å². The van der Waals surface area contributed by atoms with Gasteiger partial charge in [0, 0.05) is 51.2 Å². The van der Waals surface area contributed by atoms with Gasteiger partial charge in [-0.05, 0) is 62.4 Å². The van der Waals surface area contributed by atoms with Gasteiger partial charge in [-0.2, -0.15) is 0 Å². The Hall–Kier alpha value is -1.79. The summed E-state index contributed by atoms with van der Waals surface area (Å²) in [6, 6.07) is 15.1. The average Bonchev–Trinajstić information content (AvgIpc) is 2.80. The first-order valence-electron chi connectivity index (χ1n) is 12.2. The molecule has 1 aliphatic carbocycles. The number of amides is 1. The Morgan fingerprint density at radius 1 is 1.00 bits per heavy atom. The van der Waals surface area contributed by atoms with Gasteiger partial charge in [-0.1, -0.05) is 53.5 Å². The summed E-state index contributed by atoms with van der Waals surface area (Å²) in [7, 11) is 0. The normalized spacial score (nSPS) is 21.3. The second-order valence-electron chi connectivity index (χ2n) is 10.2. The van der Waals surface area contributed by atoms with Crippen LogP contribution in [0.1, 0.15) is 62.3 Å². The van der Waals surface area contributed by atoms with Crippen molar-refractivity contribution in [2.75, 3.05) is 39.3 Å². The molecule has 34 heavy (non-hydrogen) atoms. The third-order valence-electron chi connectivity index (χ3n) is 6.68. The SMILES string of the molecule is CC(C)(C)OC(=O)N1CCN(CCN[C@@H]2CC[C@@H](c3ccc(Cl)c(Cl)c3)c3ccccc32)CC1. The quantitative estimate of drug-likeness (QED) is 0.534. The second kappa shape index (κ2) is 10.9. The fourth-order valence-corrected chi connectivity index (χ4v) is 5.26. The lowest BCUT2D eigenvalue weighted by molar-refractivity contribution is 0.0146. The minimum Gasteiger partial charge on any atom is -0.444 e. The summed E-state index contributed by atoms with van der Waals surface area (Å²) < 4.78 is 5.50. The molecule has 0 radical (unpaired) electrons. The standard InChI is InChI=1S/C27H35Cl2N3O2/c1-27(2,3)34-26(33)32-16-14-31(15-17-32)13-12-30-25-11-9-20(21-6-4-5-7-22(21)25)19-8-10-23(28)24(29)18-19/h4-8,10,18,20,25,30H,9,11-17H2,1-3H3/t20-,25+/m0/s1. The van der Waals surface area contributed by atoms with E-state index in [1.807, 2.05) is 37.8 Å². The van der Waals surface area contributed by atoms with Crippen molar-refractivity contribution in [3.05, 3.63) is 69.2 Å². The Labute approximate surface area is 213 Å². The van der Waals surface area contributed by atoms with Gasteiger partial charge in [0.25, 0.3) is 0 Å². The van der Waals surface area contributed by atoms with Crippen molar-refractivity contribution in [2.24, 2.45) is 0 Å². The molecule has 1 amide bonds. The molecule has 0 spiro atoms. The van der Waals surface area contributed by atoms with Crippen molar-refractivity contribution in [1.29, 1.82) is 0 Å². The third-order valence-corrected chi connectivity index (χ3v) is 7.42. The van der Waals surface area contributed by atoms with Crippen LogP contribution in [0, 0.1) is 0 Å². The maximum absolute atomic E-state index is 12.3. The number of benzene rings is 2. The largest absolute Gasteiger partial charge is 0.444 e. The van der Waals surface area contributed by atoms with E-state index in [0.717, 1.165) is 39.0 Å². The van der Waals surface area contributed by atoms with Crippen LogP contribution in [-0.2, 0) is 4.74 Å². The minimum atomic E-state index is -0.451. The van der Waals surface area contributed by atoms with E-state index in [4.69, 9.17) is 27.9 Å². The molecule has 1 aliphatic heterocycles. The van der Waals surface area contributed by atoms with E-state index in [1.165, 1.54) is 16.7 Å². The lowest BCUT2D eigenvalue weighted by Crippen LogP contribution is -2.51. The first-order chi connectivity index (χ1) is 16.2. The monoisotopic (exact) mass is 503 g/mol. The number of piperazine rings is 1. The van der Waals surface area contributed by atoms with Gasteiger partial charge in [0.05, 0.1) is 10.0 Å². The summed E-state index contributed by atoms with van der Waals surface area (Å²) in [6.07, 6.45) is 1.94. The van der Waals surface area contributed by atoms with Crippen LogP contribution in [0.4, 0.5) is 4.79 Å². The summed E-state index contributed by atoms with van der Waals surface area (Å²) in [5.74, 6) is 0.338. The van der Waals surface area contributed by atoms with Crippen molar-refractivity contribution in [1.82, 2.24) is 15.1 Å². The van der Waals surface area contributed by atoms with Crippen molar-refractivity contribution < 1.29 is 9.53 Å². The van der Waals surface area contributed by atoms with Gasteiger partial charge in [0.15, 0.2) is 0 Å². The minimum absolute atomic E-state index is 0.208. The molecule has 5 nitrogen and oxygen atoms in total. The highest BCUT2D eigenvalue weighted by Gasteiger charge is 2.29. The van der Waals surface area contributed by atoms with Crippen molar-refractivity contribution in [2.45, 2.75) is 51.2 Å². The van der Waals surface area contributed by atoms with Crippen LogP contribution in [-0.4, -0.2) is 60.8 Å². The molecule has 1 N–H and O–H groups in total. The van der Waals surface area contributed by atoms with E-state index >= 15 is 0 Å². The molecule has 184 valence electrons. The van der Waals surface area contributed by atoms with Gasteiger partial charge in [0.1, 0.15) is 5.60 Å². The molecule has 0 bridgehead atoms. The highest BCUT2D eigenvalue weighted by Crippen LogP contribution is 2.42. The fraction of sp³-hybridized carbons (Fsp3) is 0.519. The number of carbonyl (C=O) groups is 1. The molecule has 1 saturated heterocycles. The first kappa shape index (κ1) is 25.3. The predicted molar refractivity (Wildman–Crippen MR) is 139 cm³/mol. The molecule has 2 aromatic carbocycles. The Morgan fingerprint density at radius 2 is 1.71 bits per heavy atom. The number of nitrogens with zero attached hydrogens (tertiary/aromatic N) is 2. The van der Waals surface area contributed by atoms with Gasteiger partial charge < -0.3 is 15.0 Å². The van der Waals surface area contributed by atoms with E-state index in [0.29, 0.717) is 35.1 Å². The summed E-state index contributed by atoms with van der Waals surface area (Å²) >= 11 is 12.4. The highest BCUT2D eigenvalue weighted by molar-refractivity contribution is 6.42. The molecule has 0 unspecified atom stereocenters. The van der Waals surface area contributed by atoms with Crippen molar-refractivity contribution >= 4 is 29.3 Å². The topological polar surface area (TPSA) is 44.8 Å². The highest BCUT2D eigenvalue weighted by atomic mass is 35.5. The number of nitrogens with one attached hydrogen (secondary N) is 1. The number of rotatable bonds is 5. The van der Waals surface area contributed by atoms with Gasteiger partial charge in [-0.25, -0.2) is 4.79 Å². The molecule has 4 rings (SSSR count). The number of hydrogen-bond acceptors (Lipinski definition) is 4. The third kappa shape index (κ3) is 6.25. The van der Waals surface area contributed by atoms with E-state index in [-0.39, 0.29) is 6.09 Å². The smallest absolute Gasteiger partial charge is 0.410 e. The molecular weight excluding hydrogens is 469 g/mol. The zero-order valence-electron chi connectivity index (χ0n) is 20.3. The summed E-state index contributed by atoms with van der Waals surface area (Å²) in [4.78, 5) is 16.5. The van der Waals surface area contributed by atoms with Gasteiger partial charge in [0.2, 0.25) is 0 Å². The van der Waals surface area contributed by atoms with Crippen LogP contribution in [0.15, 0.2) is 42.5 Å². The predicted octanol–water partition coefficient (Wildman–Crippen LogP) is 6.10. The Bertz CT molecular complexity index is 1000. The molecule has 1 fully saturated rings. The van der Waals surface area contributed by atoms with E-state index < -0.39 is 5.60 Å². The Kier molecular flexibility index (Phi) is 8.08. The van der Waals surface area contributed by atoms with E-state index in [9.17, 15) is 4.79 Å². The average molecular weight is 505 g/mol. The lowest BCUT2D eigenvalue weighted by Gasteiger charge is -2.36. The maximum atomic E-state index is 12.3. The van der Waals surface area contributed by atoms with E-state index in [1.54, 1.807) is 0 Å². The number of fused-ring (bicyclic) bond motifs is 1. The molecule has 2 atom stereocenters.